The van der Waals surface area contributed by atoms with E-state index in [1.54, 1.807) is 45.9 Å². The Balaban J connectivity index is 1.80. The zero-order valence-electron chi connectivity index (χ0n) is 23.0. The summed E-state index contributed by atoms with van der Waals surface area (Å²) in [6, 6.07) is 13.4. The number of nitrogens with one attached hydrogen (secondary N) is 2. The minimum absolute atomic E-state index is 0.0906. The Morgan fingerprint density at radius 3 is 2.31 bits per heavy atom. The number of carbonyl (C=O) groups excluding carboxylic acids is 1. The monoisotopic (exact) mass is 601 g/mol. The second-order valence-electron chi connectivity index (χ2n) is 10.4. The van der Waals surface area contributed by atoms with Crippen molar-refractivity contribution in [1.82, 2.24) is 14.5 Å². The van der Waals surface area contributed by atoms with E-state index in [0.717, 1.165) is 17.0 Å². The van der Waals surface area contributed by atoms with Gasteiger partial charge in [-0.1, -0.05) is 35.9 Å². The highest BCUT2D eigenvalue weighted by Gasteiger charge is 2.35. The number of carbonyl (C=O) groups is 2. The SMILES string of the molecule is C[C@@H](c1nc2cccc(Cl)c2c(=O)n1-c1cccc(NC(=O)Nc2ccccc2C(F)(F)F)c1)N(C(=O)O)C(C)(C)C. The Hall–Kier alpha value is -4.58. The normalized spacial score (nSPS) is 12.6. The number of aromatic nitrogens is 2. The zero-order valence-corrected chi connectivity index (χ0v) is 23.7. The molecule has 0 bridgehead atoms. The number of rotatable bonds is 5. The van der Waals surface area contributed by atoms with Crippen LogP contribution in [0.5, 0.6) is 0 Å². The van der Waals surface area contributed by atoms with E-state index in [9.17, 15) is 32.7 Å². The second kappa shape index (κ2) is 11.4. The first-order valence-electron chi connectivity index (χ1n) is 12.7. The number of carboxylic acid groups (broad SMARTS) is 1. The molecule has 4 aromatic rings. The van der Waals surface area contributed by atoms with Gasteiger partial charge >= 0.3 is 18.3 Å². The highest BCUT2D eigenvalue weighted by Crippen LogP contribution is 2.35. The maximum absolute atomic E-state index is 13.9. The first-order chi connectivity index (χ1) is 19.6. The van der Waals surface area contributed by atoms with Crippen LogP contribution in [-0.2, 0) is 6.18 Å². The molecule has 9 nitrogen and oxygen atoms in total. The number of nitrogens with zero attached hydrogens (tertiary/aromatic N) is 3. The van der Waals surface area contributed by atoms with Gasteiger partial charge in [0.25, 0.3) is 5.56 Å². The van der Waals surface area contributed by atoms with Crippen LogP contribution in [0.15, 0.2) is 71.5 Å². The second-order valence-corrected chi connectivity index (χ2v) is 10.8. The number of benzene rings is 3. The lowest BCUT2D eigenvalue weighted by atomic mass is 10.0. The average molecular weight is 602 g/mol. The van der Waals surface area contributed by atoms with E-state index in [1.807, 2.05) is 0 Å². The van der Waals surface area contributed by atoms with Crippen LogP contribution in [0.3, 0.4) is 0 Å². The molecule has 0 saturated carbocycles. The van der Waals surface area contributed by atoms with Gasteiger partial charge in [0.15, 0.2) is 0 Å². The van der Waals surface area contributed by atoms with E-state index in [-0.39, 0.29) is 33.1 Å². The Morgan fingerprint density at radius 1 is 1.00 bits per heavy atom. The molecule has 0 aliphatic heterocycles. The first-order valence-corrected chi connectivity index (χ1v) is 13.1. The van der Waals surface area contributed by atoms with Crippen molar-refractivity contribution in [2.24, 2.45) is 0 Å². The summed E-state index contributed by atoms with van der Waals surface area (Å²) >= 11 is 6.36. The molecule has 0 aliphatic rings. The fraction of sp³-hybridized carbons (Fsp3) is 0.241. The molecular weight excluding hydrogens is 575 g/mol. The average Bonchev–Trinajstić information content (AvgIpc) is 2.87. The molecule has 4 rings (SSSR count). The molecule has 1 atom stereocenters. The molecule has 0 unspecified atom stereocenters. The molecule has 3 N–H and O–H groups in total. The molecule has 0 saturated heterocycles. The van der Waals surface area contributed by atoms with Crippen molar-refractivity contribution in [3.8, 4) is 5.69 Å². The van der Waals surface area contributed by atoms with Crippen LogP contribution in [0.2, 0.25) is 5.02 Å². The number of amides is 3. The molecule has 0 radical (unpaired) electrons. The van der Waals surface area contributed by atoms with Gasteiger partial charge in [-0.05, 0) is 70.2 Å². The number of hydrogen-bond acceptors (Lipinski definition) is 4. The van der Waals surface area contributed by atoms with Gasteiger partial charge in [0.05, 0.1) is 38.9 Å². The molecule has 0 aliphatic carbocycles. The van der Waals surface area contributed by atoms with Gasteiger partial charge in [-0.15, -0.1) is 0 Å². The van der Waals surface area contributed by atoms with Crippen molar-refractivity contribution in [1.29, 1.82) is 0 Å². The largest absolute Gasteiger partial charge is 0.465 e. The summed E-state index contributed by atoms with van der Waals surface area (Å²) in [7, 11) is 0. The fourth-order valence-electron chi connectivity index (χ4n) is 4.73. The summed E-state index contributed by atoms with van der Waals surface area (Å²) in [4.78, 5) is 44.7. The summed E-state index contributed by atoms with van der Waals surface area (Å²) in [5, 5.41) is 15.0. The van der Waals surface area contributed by atoms with E-state index in [2.05, 4.69) is 15.6 Å². The van der Waals surface area contributed by atoms with Gasteiger partial charge in [0, 0.05) is 11.2 Å². The number of para-hydroxylation sites is 1. The highest BCUT2D eigenvalue weighted by atomic mass is 35.5. The lowest BCUT2D eigenvalue weighted by Crippen LogP contribution is -2.47. The van der Waals surface area contributed by atoms with Crippen molar-refractivity contribution >= 4 is 46.0 Å². The van der Waals surface area contributed by atoms with E-state index in [1.165, 1.54) is 41.0 Å². The fourth-order valence-corrected chi connectivity index (χ4v) is 4.98. The minimum atomic E-state index is -4.68. The van der Waals surface area contributed by atoms with E-state index in [4.69, 9.17) is 11.6 Å². The highest BCUT2D eigenvalue weighted by molar-refractivity contribution is 6.35. The predicted molar refractivity (Wildman–Crippen MR) is 154 cm³/mol. The molecule has 42 heavy (non-hydrogen) atoms. The van der Waals surface area contributed by atoms with Crippen molar-refractivity contribution in [2.75, 3.05) is 10.6 Å². The molecular formula is C29H27ClF3N5O4. The maximum atomic E-state index is 13.9. The number of fused-ring (bicyclic) bond motifs is 1. The summed E-state index contributed by atoms with van der Waals surface area (Å²) in [6.07, 6.45) is -5.91. The van der Waals surface area contributed by atoms with E-state index < -0.39 is 46.7 Å². The van der Waals surface area contributed by atoms with Crippen LogP contribution >= 0.6 is 11.6 Å². The lowest BCUT2D eigenvalue weighted by molar-refractivity contribution is -0.136. The van der Waals surface area contributed by atoms with Crippen molar-refractivity contribution in [3.05, 3.63) is 93.5 Å². The number of hydrogen-bond donors (Lipinski definition) is 3. The molecule has 0 spiro atoms. The summed E-state index contributed by atoms with van der Waals surface area (Å²) in [6.45, 7) is 6.72. The quantitative estimate of drug-likeness (QED) is 0.218. The topological polar surface area (TPSA) is 117 Å². The number of alkyl halides is 3. The van der Waals surface area contributed by atoms with Crippen LogP contribution < -0.4 is 16.2 Å². The Kier molecular flexibility index (Phi) is 8.22. The first kappa shape index (κ1) is 30.4. The third-order valence-electron chi connectivity index (χ3n) is 6.41. The molecule has 220 valence electrons. The standard InChI is InChI=1S/C29H27ClF3N5O4/c1-16(38(27(41)42)28(2,3)4)24-35-22-14-8-12-20(30)23(22)25(39)37(24)18-10-7-9-17(15-18)34-26(40)36-21-13-6-5-11-19(21)29(31,32)33/h5-16H,1-4H3,(H,41,42)(H2,34,36,40)/t16-/m0/s1. The molecule has 13 heteroatoms. The third kappa shape index (κ3) is 6.18. The van der Waals surface area contributed by atoms with Crippen LogP contribution in [0.4, 0.5) is 34.1 Å². The molecule has 3 aromatic carbocycles. The number of halogens is 4. The van der Waals surface area contributed by atoms with Crippen LogP contribution in [-0.4, -0.2) is 37.2 Å². The number of anilines is 2. The van der Waals surface area contributed by atoms with Crippen LogP contribution in [0.25, 0.3) is 16.6 Å². The number of urea groups is 1. The summed E-state index contributed by atoms with van der Waals surface area (Å²) < 4.78 is 41.3. The van der Waals surface area contributed by atoms with Gasteiger partial charge < -0.3 is 15.7 Å². The lowest BCUT2D eigenvalue weighted by Gasteiger charge is -2.38. The molecule has 0 fully saturated rings. The van der Waals surface area contributed by atoms with Gasteiger partial charge in [-0.25, -0.2) is 14.6 Å². The molecule has 1 heterocycles. The predicted octanol–water partition coefficient (Wildman–Crippen LogP) is 7.54. The summed E-state index contributed by atoms with van der Waals surface area (Å²) in [5.74, 6) is 0.0906. The van der Waals surface area contributed by atoms with Crippen LogP contribution in [0.1, 0.15) is 45.1 Å². The van der Waals surface area contributed by atoms with E-state index >= 15 is 0 Å². The van der Waals surface area contributed by atoms with Crippen molar-refractivity contribution < 1.29 is 27.9 Å². The zero-order chi connectivity index (χ0) is 31.0. The van der Waals surface area contributed by atoms with Gasteiger partial charge in [0.2, 0.25) is 0 Å². The summed E-state index contributed by atoms with van der Waals surface area (Å²) in [5.41, 5.74) is -2.27. The third-order valence-corrected chi connectivity index (χ3v) is 6.72. The Bertz CT molecular complexity index is 1730. The Labute approximate surface area is 243 Å². The van der Waals surface area contributed by atoms with Gasteiger partial charge in [0.1, 0.15) is 5.82 Å². The maximum Gasteiger partial charge on any atom is 0.418 e. The van der Waals surface area contributed by atoms with Crippen molar-refractivity contribution in [3.63, 3.8) is 0 Å². The molecule has 3 amide bonds. The molecule has 1 aromatic heterocycles. The van der Waals surface area contributed by atoms with Crippen molar-refractivity contribution in [2.45, 2.75) is 45.5 Å². The minimum Gasteiger partial charge on any atom is -0.465 e. The van der Waals surface area contributed by atoms with Crippen LogP contribution in [0, 0.1) is 0 Å². The van der Waals surface area contributed by atoms with E-state index in [0.29, 0.717) is 0 Å². The van der Waals surface area contributed by atoms with Gasteiger partial charge in [-0.2, -0.15) is 13.2 Å². The van der Waals surface area contributed by atoms with Gasteiger partial charge in [-0.3, -0.25) is 14.3 Å². The Morgan fingerprint density at radius 2 is 1.67 bits per heavy atom. The smallest absolute Gasteiger partial charge is 0.418 e.